The number of ether oxygens (including phenoxy) is 1. The highest BCUT2D eigenvalue weighted by molar-refractivity contribution is 7.99. The van der Waals surface area contributed by atoms with Crippen molar-refractivity contribution in [2.45, 2.75) is 36.3 Å². The Kier molecular flexibility index (Phi) is 4.81. The molecule has 5 heteroatoms. The third-order valence-electron chi connectivity index (χ3n) is 3.78. The zero-order valence-corrected chi connectivity index (χ0v) is 13.1. The van der Waals surface area contributed by atoms with Gasteiger partial charge in [-0.3, -0.25) is 0 Å². The van der Waals surface area contributed by atoms with Crippen molar-refractivity contribution in [3.63, 3.8) is 0 Å². The normalized spacial score (nSPS) is 25.0. The van der Waals surface area contributed by atoms with Crippen molar-refractivity contribution in [3.05, 3.63) is 29.8 Å². The van der Waals surface area contributed by atoms with E-state index in [1.807, 2.05) is 11.8 Å². The van der Waals surface area contributed by atoms with E-state index in [1.54, 1.807) is 0 Å². The van der Waals surface area contributed by atoms with Gasteiger partial charge >= 0.3 is 0 Å². The lowest BCUT2D eigenvalue weighted by Gasteiger charge is -2.27. The second kappa shape index (κ2) is 6.78. The van der Waals surface area contributed by atoms with Crippen LogP contribution in [0.25, 0.3) is 0 Å². The van der Waals surface area contributed by atoms with Gasteiger partial charge in [0.25, 0.3) is 0 Å². The van der Waals surface area contributed by atoms with Crippen LogP contribution in [0.3, 0.4) is 0 Å². The largest absolute Gasteiger partial charge is 0.376 e. The molecule has 0 aliphatic carbocycles. The highest BCUT2D eigenvalue weighted by Crippen LogP contribution is 2.35. The van der Waals surface area contributed by atoms with Crippen molar-refractivity contribution in [3.8, 4) is 0 Å². The number of fused-ring (bicyclic) bond motifs is 1. The van der Waals surface area contributed by atoms with E-state index in [4.69, 9.17) is 17.0 Å². The molecule has 0 unspecified atom stereocenters. The molecule has 2 heterocycles. The summed E-state index contributed by atoms with van der Waals surface area (Å²) in [4.78, 5) is 1.37. The summed E-state index contributed by atoms with van der Waals surface area (Å²) in [6.45, 7) is 1.70. The fourth-order valence-electron chi connectivity index (χ4n) is 2.71. The van der Waals surface area contributed by atoms with E-state index in [2.05, 4.69) is 34.9 Å². The average molecular weight is 308 g/mol. The molecule has 0 radical (unpaired) electrons. The Balaban J connectivity index is 1.54. The lowest BCUT2D eigenvalue weighted by atomic mass is 10.0. The van der Waals surface area contributed by atoms with Crippen LogP contribution in [0.5, 0.6) is 0 Å². The number of nitrogens with one attached hydrogen (secondary N) is 2. The third-order valence-corrected chi connectivity index (χ3v) is 5.16. The quantitative estimate of drug-likeness (QED) is 0.839. The number of rotatable bonds is 3. The molecule has 0 bridgehead atoms. The highest BCUT2D eigenvalue weighted by Gasteiger charge is 2.21. The Morgan fingerprint density at radius 2 is 2.25 bits per heavy atom. The van der Waals surface area contributed by atoms with Crippen LogP contribution in [-0.2, 0) is 4.74 Å². The Morgan fingerprint density at radius 3 is 3.10 bits per heavy atom. The van der Waals surface area contributed by atoms with Crippen molar-refractivity contribution < 1.29 is 4.74 Å². The Bertz CT molecular complexity index is 475. The first-order valence-corrected chi connectivity index (χ1v) is 8.60. The number of hydrogen-bond acceptors (Lipinski definition) is 3. The van der Waals surface area contributed by atoms with Gasteiger partial charge in [-0.1, -0.05) is 18.2 Å². The molecule has 2 aliphatic rings. The minimum Gasteiger partial charge on any atom is -0.376 e. The highest BCUT2D eigenvalue weighted by atomic mass is 32.2. The standard InChI is InChI=1S/C15H20N2OS2/c19-15(16-10-11-4-3-8-18-11)17-13-7-9-20-14-6-2-1-5-12(13)14/h1-2,5-6,11,13H,3-4,7-10H2,(H2,16,17,19)/t11-,13-/m0/s1. The summed E-state index contributed by atoms with van der Waals surface area (Å²) in [5.74, 6) is 1.14. The maximum atomic E-state index is 5.60. The average Bonchev–Trinajstić information content (AvgIpc) is 2.99. The predicted molar refractivity (Wildman–Crippen MR) is 87.2 cm³/mol. The van der Waals surface area contributed by atoms with E-state index < -0.39 is 0 Å². The Morgan fingerprint density at radius 1 is 1.35 bits per heavy atom. The van der Waals surface area contributed by atoms with Crippen LogP contribution in [0.1, 0.15) is 30.9 Å². The van der Waals surface area contributed by atoms with Crippen LogP contribution in [0.15, 0.2) is 29.2 Å². The number of hydrogen-bond donors (Lipinski definition) is 2. The maximum absolute atomic E-state index is 5.60. The molecule has 108 valence electrons. The first-order valence-electron chi connectivity index (χ1n) is 7.20. The van der Waals surface area contributed by atoms with Crippen LogP contribution in [0.2, 0.25) is 0 Å². The third kappa shape index (κ3) is 3.45. The molecule has 3 nitrogen and oxygen atoms in total. The zero-order chi connectivity index (χ0) is 13.8. The molecule has 0 amide bonds. The van der Waals surface area contributed by atoms with Crippen molar-refractivity contribution in [2.24, 2.45) is 0 Å². The maximum Gasteiger partial charge on any atom is 0.166 e. The van der Waals surface area contributed by atoms with Gasteiger partial charge in [-0.15, -0.1) is 11.8 Å². The van der Waals surface area contributed by atoms with E-state index in [0.717, 1.165) is 36.9 Å². The molecular formula is C15H20N2OS2. The van der Waals surface area contributed by atoms with Crippen molar-refractivity contribution >= 4 is 29.1 Å². The van der Waals surface area contributed by atoms with Gasteiger partial charge in [-0.25, -0.2) is 0 Å². The van der Waals surface area contributed by atoms with Crippen LogP contribution in [0, 0.1) is 0 Å². The van der Waals surface area contributed by atoms with Crippen LogP contribution in [0.4, 0.5) is 0 Å². The first kappa shape index (κ1) is 14.2. The van der Waals surface area contributed by atoms with E-state index in [-0.39, 0.29) is 0 Å². The van der Waals surface area contributed by atoms with Crippen molar-refractivity contribution in [1.82, 2.24) is 10.6 Å². The topological polar surface area (TPSA) is 33.3 Å². The lowest BCUT2D eigenvalue weighted by Crippen LogP contribution is -2.41. The Labute approximate surface area is 129 Å². The fourth-order valence-corrected chi connectivity index (χ4v) is 4.06. The summed E-state index contributed by atoms with van der Waals surface area (Å²) in [5, 5.41) is 7.48. The fraction of sp³-hybridized carbons (Fsp3) is 0.533. The van der Waals surface area contributed by atoms with E-state index in [0.29, 0.717) is 12.1 Å². The van der Waals surface area contributed by atoms with Crippen molar-refractivity contribution in [2.75, 3.05) is 18.9 Å². The molecule has 0 aromatic heterocycles. The molecular weight excluding hydrogens is 288 g/mol. The summed E-state index contributed by atoms with van der Waals surface area (Å²) < 4.78 is 5.60. The second-order valence-electron chi connectivity index (χ2n) is 5.22. The van der Waals surface area contributed by atoms with Gasteiger partial charge in [0.1, 0.15) is 0 Å². The van der Waals surface area contributed by atoms with Gasteiger partial charge in [-0.2, -0.15) is 0 Å². The van der Waals surface area contributed by atoms with E-state index in [9.17, 15) is 0 Å². The minimum absolute atomic E-state index is 0.323. The van der Waals surface area contributed by atoms with Gasteiger partial charge in [-0.05, 0) is 43.1 Å². The molecule has 1 aromatic rings. The number of thiocarbonyl (C=S) groups is 1. The van der Waals surface area contributed by atoms with Crippen LogP contribution in [-0.4, -0.2) is 30.1 Å². The molecule has 3 rings (SSSR count). The van der Waals surface area contributed by atoms with E-state index >= 15 is 0 Å². The van der Waals surface area contributed by atoms with Gasteiger partial charge < -0.3 is 15.4 Å². The summed E-state index contributed by atoms with van der Waals surface area (Å²) in [7, 11) is 0. The molecule has 1 aromatic carbocycles. The summed E-state index contributed by atoms with van der Waals surface area (Å²) >= 11 is 7.34. The SMILES string of the molecule is S=C(NC[C@@H]1CCCO1)N[C@H]1CCSc2ccccc21. The van der Waals surface area contributed by atoms with Gasteiger partial charge in [0.15, 0.2) is 5.11 Å². The summed E-state index contributed by atoms with van der Waals surface area (Å²) in [6, 6.07) is 8.92. The number of thioether (sulfide) groups is 1. The molecule has 2 N–H and O–H groups in total. The van der Waals surface area contributed by atoms with Gasteiger partial charge in [0.2, 0.25) is 0 Å². The zero-order valence-electron chi connectivity index (χ0n) is 11.4. The van der Waals surface area contributed by atoms with Crippen molar-refractivity contribution in [1.29, 1.82) is 0 Å². The molecule has 0 spiro atoms. The van der Waals surface area contributed by atoms with E-state index in [1.165, 1.54) is 16.9 Å². The molecule has 2 atom stereocenters. The molecule has 1 fully saturated rings. The monoisotopic (exact) mass is 308 g/mol. The summed E-state index contributed by atoms with van der Waals surface area (Å²) in [5.41, 5.74) is 1.37. The lowest BCUT2D eigenvalue weighted by molar-refractivity contribution is 0.114. The van der Waals surface area contributed by atoms with Gasteiger partial charge in [0.05, 0.1) is 12.1 Å². The van der Waals surface area contributed by atoms with Gasteiger partial charge in [0, 0.05) is 23.8 Å². The van der Waals surface area contributed by atoms with Crippen LogP contribution >= 0.6 is 24.0 Å². The summed E-state index contributed by atoms with van der Waals surface area (Å²) in [6.07, 6.45) is 3.74. The Hall–Kier alpha value is -0.780. The van der Waals surface area contributed by atoms with Crippen LogP contribution < -0.4 is 10.6 Å². The molecule has 0 saturated carbocycles. The minimum atomic E-state index is 0.323. The second-order valence-corrected chi connectivity index (χ2v) is 6.76. The predicted octanol–water partition coefficient (Wildman–Crippen LogP) is 2.87. The number of benzene rings is 1. The smallest absolute Gasteiger partial charge is 0.166 e. The molecule has 1 saturated heterocycles. The first-order chi connectivity index (χ1) is 9.83. The molecule has 2 aliphatic heterocycles. The molecule has 20 heavy (non-hydrogen) atoms.